The van der Waals surface area contributed by atoms with E-state index in [0.29, 0.717) is 15.7 Å². The van der Waals surface area contributed by atoms with Crippen LogP contribution in [-0.2, 0) is 0 Å². The minimum absolute atomic E-state index is 0.0954. The molecule has 0 aromatic heterocycles. The van der Waals surface area contributed by atoms with E-state index in [-0.39, 0.29) is 11.6 Å². The lowest BCUT2D eigenvalue weighted by atomic mass is 10.1. The maximum atomic E-state index is 12.2. The summed E-state index contributed by atoms with van der Waals surface area (Å²) in [6.45, 7) is 9.81. The van der Waals surface area contributed by atoms with Crippen molar-refractivity contribution in [3.05, 3.63) is 28.2 Å². The van der Waals surface area contributed by atoms with E-state index in [1.807, 2.05) is 4.90 Å². The summed E-state index contributed by atoms with van der Waals surface area (Å²) in [4.78, 5) is 16.4. The number of piperazine rings is 1. The monoisotopic (exact) mass is 329 g/mol. The van der Waals surface area contributed by atoms with Crippen molar-refractivity contribution in [2.75, 3.05) is 31.5 Å². The van der Waals surface area contributed by atoms with Crippen molar-refractivity contribution in [2.24, 2.45) is 0 Å². The average Bonchev–Trinajstić information content (AvgIpc) is 2.42. The van der Waals surface area contributed by atoms with Gasteiger partial charge in [-0.2, -0.15) is 0 Å². The zero-order valence-corrected chi connectivity index (χ0v) is 14.1. The Hall–Kier alpha value is -0.970. The molecule has 0 atom stereocenters. The SMILES string of the molecule is CC(C)(C)N1CCN(C(=O)Nc2ccc(Cl)c(Cl)c2)CC1. The molecule has 1 N–H and O–H groups in total. The van der Waals surface area contributed by atoms with Crippen molar-refractivity contribution < 1.29 is 4.79 Å². The molecule has 2 amide bonds. The Morgan fingerprint density at radius 2 is 1.71 bits per heavy atom. The van der Waals surface area contributed by atoms with Gasteiger partial charge >= 0.3 is 6.03 Å². The summed E-state index contributed by atoms with van der Waals surface area (Å²) in [5.41, 5.74) is 0.805. The molecule has 1 aromatic rings. The van der Waals surface area contributed by atoms with Crippen LogP contribution in [0.15, 0.2) is 18.2 Å². The van der Waals surface area contributed by atoms with Crippen LogP contribution in [0.4, 0.5) is 10.5 Å². The van der Waals surface area contributed by atoms with Crippen molar-refractivity contribution in [1.29, 1.82) is 0 Å². The number of anilines is 1. The van der Waals surface area contributed by atoms with Crippen LogP contribution in [0.2, 0.25) is 10.0 Å². The Bertz CT molecular complexity index is 520. The summed E-state index contributed by atoms with van der Waals surface area (Å²) in [6, 6.07) is 4.99. The highest BCUT2D eigenvalue weighted by molar-refractivity contribution is 6.42. The van der Waals surface area contributed by atoms with E-state index in [0.717, 1.165) is 26.2 Å². The number of amides is 2. The summed E-state index contributed by atoms with van der Waals surface area (Å²) in [6.07, 6.45) is 0. The van der Waals surface area contributed by atoms with Crippen LogP contribution in [0.5, 0.6) is 0 Å². The van der Waals surface area contributed by atoms with E-state index in [1.165, 1.54) is 0 Å². The number of rotatable bonds is 1. The molecule has 0 spiro atoms. The number of halogens is 2. The molecule has 4 nitrogen and oxygen atoms in total. The van der Waals surface area contributed by atoms with Gasteiger partial charge in [0.05, 0.1) is 10.0 Å². The number of urea groups is 1. The third-order valence-electron chi connectivity index (χ3n) is 3.69. The molecule has 1 aromatic carbocycles. The molecule has 6 heteroatoms. The standard InChI is InChI=1S/C15H21Cl2N3O/c1-15(2,3)20-8-6-19(7-9-20)14(21)18-11-4-5-12(16)13(17)10-11/h4-5,10H,6-9H2,1-3H3,(H,18,21). The molecule has 0 saturated carbocycles. The molecular weight excluding hydrogens is 309 g/mol. The second kappa shape index (κ2) is 6.42. The fraction of sp³-hybridized carbons (Fsp3) is 0.533. The first-order valence-corrected chi connectivity index (χ1v) is 7.79. The topological polar surface area (TPSA) is 35.6 Å². The third kappa shape index (κ3) is 4.25. The number of hydrogen-bond acceptors (Lipinski definition) is 2. The van der Waals surface area contributed by atoms with Crippen molar-refractivity contribution in [2.45, 2.75) is 26.3 Å². The highest BCUT2D eigenvalue weighted by Crippen LogP contribution is 2.25. The fourth-order valence-electron chi connectivity index (χ4n) is 2.36. The number of nitrogens with one attached hydrogen (secondary N) is 1. The van der Waals surface area contributed by atoms with Crippen molar-refractivity contribution in [3.63, 3.8) is 0 Å². The Morgan fingerprint density at radius 1 is 1.10 bits per heavy atom. The first-order chi connectivity index (χ1) is 9.77. The molecule has 1 heterocycles. The molecular formula is C15H21Cl2N3O. The van der Waals surface area contributed by atoms with E-state index < -0.39 is 0 Å². The summed E-state index contributed by atoms with van der Waals surface area (Å²) >= 11 is 11.8. The van der Waals surface area contributed by atoms with Crippen LogP contribution < -0.4 is 5.32 Å². The molecule has 0 aliphatic carbocycles. The molecule has 1 aliphatic heterocycles. The molecule has 0 bridgehead atoms. The molecule has 0 unspecified atom stereocenters. The second-order valence-electron chi connectivity index (χ2n) is 6.20. The molecule has 0 radical (unpaired) electrons. The van der Waals surface area contributed by atoms with Crippen LogP contribution in [-0.4, -0.2) is 47.5 Å². The number of carbonyl (C=O) groups is 1. The number of hydrogen-bond donors (Lipinski definition) is 1. The van der Waals surface area contributed by atoms with Gasteiger partial charge in [0.25, 0.3) is 0 Å². The van der Waals surface area contributed by atoms with Gasteiger partial charge < -0.3 is 10.2 Å². The Kier molecular flexibility index (Phi) is 5.02. The van der Waals surface area contributed by atoms with Crippen LogP contribution in [0, 0.1) is 0 Å². The van der Waals surface area contributed by atoms with E-state index >= 15 is 0 Å². The minimum atomic E-state index is -0.0954. The molecule has 116 valence electrons. The van der Waals surface area contributed by atoms with E-state index in [2.05, 4.69) is 31.0 Å². The smallest absolute Gasteiger partial charge is 0.321 e. The largest absolute Gasteiger partial charge is 0.322 e. The summed E-state index contributed by atoms with van der Waals surface area (Å²) in [7, 11) is 0. The number of carbonyl (C=O) groups excluding carboxylic acids is 1. The third-order valence-corrected chi connectivity index (χ3v) is 4.43. The van der Waals surface area contributed by atoms with Crippen LogP contribution in [0.25, 0.3) is 0 Å². The Morgan fingerprint density at radius 3 is 2.24 bits per heavy atom. The lowest BCUT2D eigenvalue weighted by molar-refractivity contribution is 0.0774. The predicted molar refractivity (Wildman–Crippen MR) is 88.4 cm³/mol. The molecule has 1 fully saturated rings. The van der Waals surface area contributed by atoms with Gasteiger partial charge in [0, 0.05) is 37.4 Å². The van der Waals surface area contributed by atoms with Crippen LogP contribution >= 0.6 is 23.2 Å². The van der Waals surface area contributed by atoms with Crippen LogP contribution in [0.1, 0.15) is 20.8 Å². The van der Waals surface area contributed by atoms with Gasteiger partial charge in [0.1, 0.15) is 0 Å². The molecule has 1 saturated heterocycles. The van der Waals surface area contributed by atoms with E-state index in [4.69, 9.17) is 23.2 Å². The average molecular weight is 330 g/mol. The maximum Gasteiger partial charge on any atom is 0.321 e. The van der Waals surface area contributed by atoms with E-state index in [1.54, 1.807) is 18.2 Å². The van der Waals surface area contributed by atoms with E-state index in [9.17, 15) is 4.79 Å². The normalized spacial score (nSPS) is 16.9. The van der Waals surface area contributed by atoms with Gasteiger partial charge in [-0.05, 0) is 39.0 Å². The van der Waals surface area contributed by atoms with Gasteiger partial charge in [0.2, 0.25) is 0 Å². The van der Waals surface area contributed by atoms with Gasteiger partial charge in [-0.3, -0.25) is 4.90 Å². The number of benzene rings is 1. The first-order valence-electron chi connectivity index (χ1n) is 7.03. The van der Waals surface area contributed by atoms with Crippen LogP contribution in [0.3, 0.4) is 0 Å². The summed E-state index contributed by atoms with van der Waals surface area (Å²) in [5.74, 6) is 0. The molecule has 1 aliphatic rings. The quantitative estimate of drug-likeness (QED) is 0.846. The maximum absolute atomic E-state index is 12.2. The molecule has 2 rings (SSSR count). The second-order valence-corrected chi connectivity index (χ2v) is 7.02. The zero-order chi connectivity index (χ0) is 15.6. The predicted octanol–water partition coefficient (Wildman–Crippen LogP) is 3.94. The van der Waals surface area contributed by atoms with Gasteiger partial charge in [-0.25, -0.2) is 4.79 Å². The van der Waals surface area contributed by atoms with Crippen molar-refractivity contribution >= 4 is 34.9 Å². The Balaban J connectivity index is 1.92. The van der Waals surface area contributed by atoms with Gasteiger partial charge in [-0.15, -0.1) is 0 Å². The highest BCUT2D eigenvalue weighted by Gasteiger charge is 2.27. The fourth-order valence-corrected chi connectivity index (χ4v) is 2.65. The summed E-state index contributed by atoms with van der Waals surface area (Å²) < 4.78 is 0. The van der Waals surface area contributed by atoms with Gasteiger partial charge in [-0.1, -0.05) is 23.2 Å². The lowest BCUT2D eigenvalue weighted by Crippen LogP contribution is -2.55. The first kappa shape index (κ1) is 16.4. The summed E-state index contributed by atoms with van der Waals surface area (Å²) in [5, 5.41) is 3.78. The zero-order valence-electron chi connectivity index (χ0n) is 12.6. The van der Waals surface area contributed by atoms with Crippen molar-refractivity contribution in [1.82, 2.24) is 9.80 Å². The van der Waals surface area contributed by atoms with Gasteiger partial charge in [0.15, 0.2) is 0 Å². The van der Waals surface area contributed by atoms with Crippen molar-refractivity contribution in [3.8, 4) is 0 Å². The molecule has 21 heavy (non-hydrogen) atoms. The number of nitrogens with zero attached hydrogens (tertiary/aromatic N) is 2. The highest BCUT2D eigenvalue weighted by atomic mass is 35.5. The lowest BCUT2D eigenvalue weighted by Gasteiger charge is -2.42. The minimum Gasteiger partial charge on any atom is -0.322 e. The Labute approximate surface area is 136 Å².